The highest BCUT2D eigenvalue weighted by Crippen LogP contribution is 1.95. The summed E-state index contributed by atoms with van der Waals surface area (Å²) in [6.07, 6.45) is 0. The van der Waals surface area contributed by atoms with Crippen molar-refractivity contribution in [1.82, 2.24) is 0 Å². The summed E-state index contributed by atoms with van der Waals surface area (Å²) in [5, 5.41) is 0. The van der Waals surface area contributed by atoms with Gasteiger partial charge in [-0.25, -0.2) is 4.39 Å². The fourth-order valence-corrected chi connectivity index (χ4v) is 0. The highest BCUT2D eigenvalue weighted by Gasteiger charge is 1.77. The zero-order valence-corrected chi connectivity index (χ0v) is 10.6. The van der Waals surface area contributed by atoms with Gasteiger partial charge in [0.15, 0.2) is 5.63 Å². The molecule has 1 unspecified atom stereocenters. The maximum atomic E-state index is 10.8. The summed E-state index contributed by atoms with van der Waals surface area (Å²) in [6.45, 7) is 2.96. The summed E-state index contributed by atoms with van der Waals surface area (Å²) in [6, 6.07) is 0. The van der Waals surface area contributed by atoms with Crippen LogP contribution < -0.4 is 0 Å². The second kappa shape index (κ2) is 18.2. The van der Waals surface area contributed by atoms with Crippen molar-refractivity contribution in [3.05, 3.63) is 0 Å². The van der Waals surface area contributed by atoms with Crippen LogP contribution in [0.1, 0.15) is 13.8 Å². The van der Waals surface area contributed by atoms with E-state index in [2.05, 4.69) is 11.6 Å². The largest absolute Gasteiger partial charge is 0.230 e. The summed E-state index contributed by atoms with van der Waals surface area (Å²) in [5.74, 6) is 1.11. The molecule has 0 rings (SSSR count). The van der Waals surface area contributed by atoms with Gasteiger partial charge in [0, 0.05) is 11.8 Å². The van der Waals surface area contributed by atoms with Crippen molar-refractivity contribution in [3.63, 3.8) is 0 Å². The first-order valence-electron chi connectivity index (χ1n) is 3.06. The molecule has 0 saturated carbocycles. The van der Waals surface area contributed by atoms with Crippen molar-refractivity contribution in [2.24, 2.45) is 0 Å². The summed E-state index contributed by atoms with van der Waals surface area (Å²) in [4.78, 5) is -0.222. The molecule has 0 aliphatic rings. The Hall–Kier alpha value is 1.38. The first-order chi connectivity index (χ1) is 5.38. The van der Waals surface area contributed by atoms with E-state index >= 15 is 0 Å². The van der Waals surface area contributed by atoms with Crippen molar-refractivity contribution in [2.45, 2.75) is 24.3 Å². The third-order valence-corrected chi connectivity index (χ3v) is 0.643. The topological polar surface area (TPSA) is 0 Å². The lowest BCUT2D eigenvalue weighted by Crippen LogP contribution is -1.66. The lowest BCUT2D eigenvalue weighted by Gasteiger charge is -1.72. The molecule has 0 aromatic rings. The van der Waals surface area contributed by atoms with Crippen LogP contribution >= 0.6 is 58.0 Å². The van der Waals surface area contributed by atoms with Crippen LogP contribution in [0.5, 0.6) is 0 Å². The molecule has 0 spiro atoms. The molecule has 0 aromatic carbocycles. The standard InChI is InChI=1S/2C2H4Cl2.C2H4ClF/c1-2(3)4;3-1-2-4;1-2(3)4/h2H,1H3;1-2H2;2H,1H3. The molecule has 0 aliphatic carbocycles. The molecule has 0 bridgehead atoms. The van der Waals surface area contributed by atoms with Crippen LogP contribution in [0.15, 0.2) is 0 Å². The Balaban J connectivity index is -0.000000101. The molecule has 0 saturated heterocycles. The predicted molar refractivity (Wildman–Crippen MR) is 59.0 cm³/mol. The molecule has 78 valence electrons. The van der Waals surface area contributed by atoms with E-state index in [9.17, 15) is 4.39 Å². The number of hydrogen-bond acceptors (Lipinski definition) is 0. The fraction of sp³-hybridized carbons (Fsp3) is 1.00. The van der Waals surface area contributed by atoms with Crippen LogP contribution in [0.3, 0.4) is 0 Å². The Morgan fingerprint density at radius 2 is 1.08 bits per heavy atom. The van der Waals surface area contributed by atoms with Crippen LogP contribution in [0.4, 0.5) is 4.39 Å². The molecule has 0 fully saturated rings. The molecule has 0 radical (unpaired) electrons. The van der Waals surface area contributed by atoms with Gasteiger partial charge in [-0.15, -0.1) is 46.4 Å². The van der Waals surface area contributed by atoms with Crippen LogP contribution in [-0.4, -0.2) is 22.2 Å². The van der Waals surface area contributed by atoms with Gasteiger partial charge < -0.3 is 0 Å². The van der Waals surface area contributed by atoms with E-state index in [-0.39, 0.29) is 4.84 Å². The van der Waals surface area contributed by atoms with Gasteiger partial charge in [-0.1, -0.05) is 11.6 Å². The van der Waals surface area contributed by atoms with E-state index in [1.807, 2.05) is 0 Å². The van der Waals surface area contributed by atoms with Crippen LogP contribution in [0, 0.1) is 0 Å². The first-order valence-corrected chi connectivity index (χ1v) is 5.44. The normalized spacial score (nSPS) is 10.8. The SMILES string of the molecule is CC(Cl)Cl.CC(F)Cl.ClCCCl. The Morgan fingerprint density at radius 1 is 1.00 bits per heavy atom. The minimum absolute atomic E-state index is 0.222. The number of hydrogen-bond donors (Lipinski definition) is 0. The Kier molecular flexibility index (Phi) is 28.9. The van der Waals surface area contributed by atoms with E-state index in [1.54, 1.807) is 6.92 Å². The van der Waals surface area contributed by atoms with Crippen molar-refractivity contribution < 1.29 is 4.39 Å². The summed E-state index contributed by atoms with van der Waals surface area (Å²) in [7, 11) is 0. The molecule has 0 aliphatic heterocycles. The summed E-state index contributed by atoms with van der Waals surface area (Å²) < 4.78 is 10.8. The molecular formula is C6H12Cl5F. The lowest BCUT2D eigenvalue weighted by atomic mass is 10.9. The van der Waals surface area contributed by atoms with Gasteiger partial charge in [-0.3, -0.25) is 0 Å². The highest BCUT2D eigenvalue weighted by atomic mass is 35.5. The Bertz CT molecular complexity index is 46.4. The monoisotopic (exact) mass is 278 g/mol. The molecule has 12 heavy (non-hydrogen) atoms. The lowest BCUT2D eigenvalue weighted by molar-refractivity contribution is 0.475. The quantitative estimate of drug-likeness (QED) is 0.604. The van der Waals surface area contributed by atoms with Crippen molar-refractivity contribution in [2.75, 3.05) is 11.8 Å². The van der Waals surface area contributed by atoms with Crippen LogP contribution in [0.25, 0.3) is 0 Å². The predicted octanol–water partition coefficient (Wildman–Crippen LogP) is 4.81. The van der Waals surface area contributed by atoms with Crippen molar-refractivity contribution >= 4 is 58.0 Å². The average molecular weight is 280 g/mol. The van der Waals surface area contributed by atoms with Gasteiger partial charge in [0.1, 0.15) is 4.84 Å². The Labute approximate surface area is 98.3 Å². The summed E-state index contributed by atoms with van der Waals surface area (Å²) in [5.41, 5.74) is -1.19. The van der Waals surface area contributed by atoms with Crippen molar-refractivity contribution in [3.8, 4) is 0 Å². The first kappa shape index (κ1) is 19.0. The Morgan fingerprint density at radius 3 is 1.08 bits per heavy atom. The summed E-state index contributed by atoms with van der Waals surface area (Å²) >= 11 is 24.8. The van der Waals surface area contributed by atoms with Gasteiger partial charge in [0.25, 0.3) is 0 Å². The smallest absolute Gasteiger partial charge is 0.170 e. The minimum atomic E-state index is -1.19. The third-order valence-electron chi connectivity index (χ3n) is 0.0714. The molecular weight excluding hydrogens is 268 g/mol. The number of halogens is 6. The van der Waals surface area contributed by atoms with E-state index in [0.717, 1.165) is 0 Å². The second-order valence-electron chi connectivity index (χ2n) is 1.42. The number of alkyl halides is 6. The minimum Gasteiger partial charge on any atom is -0.230 e. The molecule has 1 atom stereocenters. The van der Waals surface area contributed by atoms with Crippen LogP contribution in [-0.2, 0) is 0 Å². The van der Waals surface area contributed by atoms with Gasteiger partial charge in [-0.2, -0.15) is 0 Å². The van der Waals surface area contributed by atoms with E-state index in [1.165, 1.54) is 6.92 Å². The van der Waals surface area contributed by atoms with E-state index in [4.69, 9.17) is 46.4 Å². The molecule has 6 heteroatoms. The molecule has 0 heterocycles. The number of rotatable bonds is 1. The van der Waals surface area contributed by atoms with E-state index in [0.29, 0.717) is 11.8 Å². The molecule has 0 nitrogen and oxygen atoms in total. The molecule has 0 aromatic heterocycles. The maximum absolute atomic E-state index is 10.8. The maximum Gasteiger partial charge on any atom is 0.170 e. The van der Waals surface area contributed by atoms with Crippen molar-refractivity contribution in [1.29, 1.82) is 0 Å². The van der Waals surface area contributed by atoms with Crippen LogP contribution in [0.2, 0.25) is 0 Å². The fourth-order valence-electron chi connectivity index (χ4n) is 0. The van der Waals surface area contributed by atoms with Gasteiger partial charge >= 0.3 is 0 Å². The zero-order chi connectivity index (χ0) is 10.6. The van der Waals surface area contributed by atoms with Gasteiger partial charge in [0.05, 0.1) is 0 Å². The molecule has 0 N–H and O–H groups in total. The molecule has 0 amide bonds. The second-order valence-corrected chi connectivity index (χ2v) is 4.31. The van der Waals surface area contributed by atoms with Gasteiger partial charge in [0.2, 0.25) is 0 Å². The highest BCUT2D eigenvalue weighted by molar-refractivity contribution is 6.43. The van der Waals surface area contributed by atoms with E-state index < -0.39 is 5.63 Å². The zero-order valence-electron chi connectivity index (χ0n) is 6.84. The van der Waals surface area contributed by atoms with Gasteiger partial charge in [-0.05, 0) is 13.8 Å². The third kappa shape index (κ3) is 216. The average Bonchev–Trinajstić information content (AvgIpc) is 1.85.